The molecule has 0 atom stereocenters. The van der Waals surface area contributed by atoms with Gasteiger partial charge in [0.2, 0.25) is 0 Å². The molecule has 1 aliphatic heterocycles. The minimum atomic E-state index is 0.743. The van der Waals surface area contributed by atoms with E-state index in [0.29, 0.717) is 0 Å². The van der Waals surface area contributed by atoms with Gasteiger partial charge in [0.05, 0.1) is 14.2 Å². The fraction of sp³-hybridized carbons (Fsp3) is 0.381. The first kappa shape index (κ1) is 18.9. The largest absolute Gasteiger partial charge is 0.497 e. The van der Waals surface area contributed by atoms with Crippen LogP contribution in [0, 0.1) is 0 Å². The molecule has 0 bridgehead atoms. The van der Waals surface area contributed by atoms with Crippen molar-refractivity contribution >= 4 is 11.6 Å². The van der Waals surface area contributed by atoms with Crippen LogP contribution in [0.5, 0.6) is 11.5 Å². The molecule has 1 aliphatic rings. The molecule has 27 heavy (non-hydrogen) atoms. The van der Waals surface area contributed by atoms with Gasteiger partial charge in [-0.05, 0) is 29.8 Å². The van der Waals surface area contributed by atoms with Crippen LogP contribution in [0.25, 0.3) is 0 Å². The van der Waals surface area contributed by atoms with Crippen molar-refractivity contribution in [1.29, 1.82) is 0 Å². The average Bonchev–Trinajstić information content (AvgIpc) is 2.75. The van der Waals surface area contributed by atoms with Gasteiger partial charge in [-0.1, -0.05) is 18.2 Å². The number of hydrogen-bond donors (Lipinski definition) is 1. The summed E-state index contributed by atoms with van der Waals surface area (Å²) >= 11 is 0. The first-order chi connectivity index (χ1) is 13.2. The molecule has 0 aromatic heterocycles. The predicted octanol–water partition coefficient (Wildman–Crippen LogP) is 2.60. The monoisotopic (exact) mass is 368 g/mol. The lowest BCUT2D eigenvalue weighted by atomic mass is 10.2. The van der Waals surface area contributed by atoms with Gasteiger partial charge in [-0.25, -0.2) is 0 Å². The Morgan fingerprint density at radius 1 is 0.963 bits per heavy atom. The number of methoxy groups -OCH3 is 2. The number of anilines is 1. The summed E-state index contributed by atoms with van der Waals surface area (Å²) in [6, 6.07) is 16.3. The molecule has 6 heteroatoms. The molecule has 0 amide bonds. The van der Waals surface area contributed by atoms with Crippen molar-refractivity contribution in [3.63, 3.8) is 0 Å². The third-order valence-electron chi connectivity index (χ3n) is 4.82. The fourth-order valence-corrected chi connectivity index (χ4v) is 3.24. The maximum Gasteiger partial charge on any atom is 0.194 e. The van der Waals surface area contributed by atoms with E-state index in [1.54, 1.807) is 14.2 Å². The van der Waals surface area contributed by atoms with Crippen LogP contribution < -0.4 is 19.7 Å². The van der Waals surface area contributed by atoms with E-state index in [1.165, 1.54) is 11.3 Å². The van der Waals surface area contributed by atoms with Gasteiger partial charge in [0.25, 0.3) is 0 Å². The Labute approximate surface area is 161 Å². The van der Waals surface area contributed by atoms with Crippen molar-refractivity contribution in [1.82, 2.24) is 10.2 Å². The summed E-state index contributed by atoms with van der Waals surface area (Å²) in [5.41, 5.74) is 2.40. The van der Waals surface area contributed by atoms with Gasteiger partial charge in [-0.3, -0.25) is 4.99 Å². The molecule has 1 saturated heterocycles. The lowest BCUT2D eigenvalue weighted by Gasteiger charge is -2.37. The first-order valence-electron chi connectivity index (χ1n) is 9.21. The van der Waals surface area contributed by atoms with E-state index < -0.39 is 0 Å². The summed E-state index contributed by atoms with van der Waals surface area (Å²) in [4.78, 5) is 9.14. The van der Waals surface area contributed by atoms with Crippen molar-refractivity contribution in [3.8, 4) is 11.5 Å². The van der Waals surface area contributed by atoms with Crippen LogP contribution in [0.2, 0.25) is 0 Å². The third kappa shape index (κ3) is 4.84. The van der Waals surface area contributed by atoms with E-state index in [0.717, 1.165) is 50.2 Å². The molecule has 0 unspecified atom stereocenters. The smallest absolute Gasteiger partial charge is 0.194 e. The van der Waals surface area contributed by atoms with E-state index >= 15 is 0 Å². The molecule has 6 nitrogen and oxygen atoms in total. The zero-order valence-corrected chi connectivity index (χ0v) is 16.3. The van der Waals surface area contributed by atoms with Crippen molar-refractivity contribution < 1.29 is 9.47 Å². The SMILES string of the molecule is CN=C(NCc1ccc(OC)cc1)N1CCN(c2cccc(OC)c2)CC1. The maximum atomic E-state index is 5.34. The number of ether oxygens (including phenoxy) is 2. The van der Waals surface area contributed by atoms with E-state index in [2.05, 4.69) is 44.4 Å². The topological polar surface area (TPSA) is 49.3 Å². The predicted molar refractivity (Wildman–Crippen MR) is 110 cm³/mol. The van der Waals surface area contributed by atoms with Crippen LogP contribution in [0.4, 0.5) is 5.69 Å². The van der Waals surface area contributed by atoms with Crippen LogP contribution >= 0.6 is 0 Å². The number of rotatable bonds is 5. The van der Waals surface area contributed by atoms with Crippen LogP contribution in [0.15, 0.2) is 53.5 Å². The Morgan fingerprint density at radius 2 is 1.67 bits per heavy atom. The standard InChI is InChI=1S/C21H28N4O2/c1-22-21(23-16-17-7-9-19(26-2)10-8-17)25-13-11-24(12-14-25)18-5-4-6-20(15-18)27-3/h4-10,15H,11-14,16H2,1-3H3,(H,22,23). The number of nitrogens with one attached hydrogen (secondary N) is 1. The summed E-state index contributed by atoms with van der Waals surface area (Å²) in [6.45, 7) is 4.51. The molecule has 0 spiro atoms. The number of hydrogen-bond acceptors (Lipinski definition) is 4. The van der Waals surface area contributed by atoms with Crippen molar-refractivity contribution in [2.75, 3.05) is 52.3 Å². The molecular formula is C21H28N4O2. The number of aliphatic imine (C=N–C) groups is 1. The Bertz CT molecular complexity index is 753. The van der Waals surface area contributed by atoms with Gasteiger partial charge >= 0.3 is 0 Å². The van der Waals surface area contributed by atoms with Crippen LogP contribution in [-0.4, -0.2) is 58.3 Å². The summed E-state index contributed by atoms with van der Waals surface area (Å²) in [6.07, 6.45) is 0. The molecule has 144 valence electrons. The zero-order valence-electron chi connectivity index (χ0n) is 16.3. The number of piperazine rings is 1. The molecule has 0 aliphatic carbocycles. The summed E-state index contributed by atoms with van der Waals surface area (Å²) in [7, 11) is 5.22. The van der Waals surface area contributed by atoms with E-state index in [-0.39, 0.29) is 0 Å². The van der Waals surface area contributed by atoms with Crippen molar-refractivity contribution in [2.45, 2.75) is 6.54 Å². The van der Waals surface area contributed by atoms with Gasteiger partial charge < -0.3 is 24.6 Å². The van der Waals surface area contributed by atoms with Crippen LogP contribution in [0.1, 0.15) is 5.56 Å². The van der Waals surface area contributed by atoms with Crippen molar-refractivity contribution in [3.05, 3.63) is 54.1 Å². The quantitative estimate of drug-likeness (QED) is 0.649. The number of benzene rings is 2. The highest BCUT2D eigenvalue weighted by molar-refractivity contribution is 5.80. The highest BCUT2D eigenvalue weighted by Crippen LogP contribution is 2.22. The maximum absolute atomic E-state index is 5.34. The second-order valence-corrected chi connectivity index (χ2v) is 6.42. The molecule has 1 heterocycles. The third-order valence-corrected chi connectivity index (χ3v) is 4.82. The van der Waals surface area contributed by atoms with Gasteiger partial charge in [0.1, 0.15) is 11.5 Å². The first-order valence-corrected chi connectivity index (χ1v) is 9.21. The molecule has 0 saturated carbocycles. The zero-order chi connectivity index (χ0) is 19.1. The van der Waals surface area contributed by atoms with Gasteiger partial charge in [-0.2, -0.15) is 0 Å². The Balaban J connectivity index is 1.53. The second kappa shape index (κ2) is 9.16. The Morgan fingerprint density at radius 3 is 2.30 bits per heavy atom. The average molecular weight is 368 g/mol. The molecule has 0 radical (unpaired) electrons. The molecule has 2 aromatic rings. The molecule has 2 aromatic carbocycles. The second-order valence-electron chi connectivity index (χ2n) is 6.42. The fourth-order valence-electron chi connectivity index (χ4n) is 3.24. The number of nitrogens with zero attached hydrogens (tertiary/aromatic N) is 3. The Kier molecular flexibility index (Phi) is 6.41. The summed E-state index contributed by atoms with van der Waals surface area (Å²) in [5.74, 6) is 2.71. The molecular weight excluding hydrogens is 340 g/mol. The summed E-state index contributed by atoms with van der Waals surface area (Å²) < 4.78 is 10.5. The van der Waals surface area contributed by atoms with E-state index in [4.69, 9.17) is 9.47 Å². The highest BCUT2D eigenvalue weighted by atomic mass is 16.5. The Hall–Kier alpha value is -2.89. The summed E-state index contributed by atoms with van der Waals surface area (Å²) in [5, 5.41) is 3.46. The van der Waals surface area contributed by atoms with Crippen LogP contribution in [0.3, 0.4) is 0 Å². The van der Waals surface area contributed by atoms with E-state index in [1.807, 2.05) is 31.3 Å². The van der Waals surface area contributed by atoms with Gasteiger partial charge in [0, 0.05) is 51.5 Å². The molecule has 3 rings (SSSR count). The number of guanidine groups is 1. The van der Waals surface area contributed by atoms with Crippen molar-refractivity contribution in [2.24, 2.45) is 4.99 Å². The highest BCUT2D eigenvalue weighted by Gasteiger charge is 2.20. The van der Waals surface area contributed by atoms with Gasteiger partial charge in [0.15, 0.2) is 5.96 Å². The minimum Gasteiger partial charge on any atom is -0.497 e. The normalized spacial score (nSPS) is 14.9. The lowest BCUT2D eigenvalue weighted by Crippen LogP contribution is -2.52. The van der Waals surface area contributed by atoms with Crippen LogP contribution in [-0.2, 0) is 6.54 Å². The van der Waals surface area contributed by atoms with Gasteiger partial charge in [-0.15, -0.1) is 0 Å². The lowest BCUT2D eigenvalue weighted by molar-refractivity contribution is 0.372. The molecule has 1 fully saturated rings. The minimum absolute atomic E-state index is 0.743. The molecule has 1 N–H and O–H groups in total. The van der Waals surface area contributed by atoms with E-state index in [9.17, 15) is 0 Å².